The standard InChI is InChI=1S/C24H34N2O6/c1-3-32-23(30)19(11-10-18-8-5-4-6-9-18)25-17(2)21(27)26-14-13-24(20(26)22(28)29)12-7-15-31-16-24/h4-6,8-9,17,19-20,25H,3,7,10-16H2,1-2H3,(H,28,29)/t17-,19?,20?,24?/m0/s1. The number of carbonyl (C=O) groups is 3. The summed E-state index contributed by atoms with van der Waals surface area (Å²) >= 11 is 0. The predicted octanol–water partition coefficient (Wildman–Crippen LogP) is 2.01. The fourth-order valence-electron chi connectivity index (χ4n) is 4.95. The van der Waals surface area contributed by atoms with E-state index in [1.807, 2.05) is 30.3 Å². The molecule has 1 aromatic carbocycles. The van der Waals surface area contributed by atoms with Crippen LogP contribution in [0.4, 0.5) is 0 Å². The van der Waals surface area contributed by atoms with Crippen molar-refractivity contribution >= 4 is 17.8 Å². The number of aliphatic carboxylic acids is 1. The Balaban J connectivity index is 1.69. The highest BCUT2D eigenvalue weighted by atomic mass is 16.5. The Bertz CT molecular complexity index is 793. The number of amides is 1. The van der Waals surface area contributed by atoms with E-state index in [1.54, 1.807) is 13.8 Å². The first-order valence-electron chi connectivity index (χ1n) is 11.5. The molecule has 32 heavy (non-hydrogen) atoms. The molecule has 2 saturated heterocycles. The maximum Gasteiger partial charge on any atom is 0.327 e. The molecule has 0 saturated carbocycles. The third-order valence-corrected chi connectivity index (χ3v) is 6.57. The lowest BCUT2D eigenvalue weighted by Crippen LogP contribution is -2.56. The maximum atomic E-state index is 13.3. The van der Waals surface area contributed by atoms with Gasteiger partial charge in [-0.15, -0.1) is 0 Å². The van der Waals surface area contributed by atoms with Gasteiger partial charge in [0.2, 0.25) is 5.91 Å². The molecule has 0 aromatic heterocycles. The predicted molar refractivity (Wildman–Crippen MR) is 118 cm³/mol. The summed E-state index contributed by atoms with van der Waals surface area (Å²) in [6.45, 7) is 5.03. The second kappa shape index (κ2) is 10.9. The summed E-state index contributed by atoms with van der Waals surface area (Å²) in [6.07, 6.45) is 3.26. The number of esters is 1. The molecule has 1 spiro atoms. The van der Waals surface area contributed by atoms with Crippen molar-refractivity contribution in [3.8, 4) is 0 Å². The van der Waals surface area contributed by atoms with Crippen LogP contribution in [0.5, 0.6) is 0 Å². The number of ether oxygens (including phenoxy) is 2. The SMILES string of the molecule is CCOC(=O)C(CCc1ccccc1)N[C@@H](C)C(=O)N1CCC2(CCCOC2)C1C(=O)O. The van der Waals surface area contributed by atoms with Gasteiger partial charge in [0.25, 0.3) is 0 Å². The molecule has 2 N–H and O–H groups in total. The van der Waals surface area contributed by atoms with Crippen molar-refractivity contribution in [2.45, 2.75) is 64.1 Å². The second-order valence-electron chi connectivity index (χ2n) is 8.76. The van der Waals surface area contributed by atoms with Crippen molar-refractivity contribution in [2.24, 2.45) is 5.41 Å². The second-order valence-corrected chi connectivity index (χ2v) is 8.76. The number of hydrogen-bond acceptors (Lipinski definition) is 6. The third-order valence-electron chi connectivity index (χ3n) is 6.57. The Morgan fingerprint density at radius 3 is 2.66 bits per heavy atom. The van der Waals surface area contributed by atoms with Gasteiger partial charge in [0.05, 0.1) is 19.3 Å². The number of carbonyl (C=O) groups excluding carboxylic acids is 2. The minimum absolute atomic E-state index is 0.250. The van der Waals surface area contributed by atoms with Crippen molar-refractivity contribution in [3.05, 3.63) is 35.9 Å². The Labute approximate surface area is 189 Å². The summed E-state index contributed by atoms with van der Waals surface area (Å²) in [4.78, 5) is 39.4. The van der Waals surface area contributed by atoms with Crippen LogP contribution in [0.2, 0.25) is 0 Å². The monoisotopic (exact) mass is 446 g/mol. The molecule has 176 valence electrons. The Morgan fingerprint density at radius 2 is 2.03 bits per heavy atom. The Morgan fingerprint density at radius 1 is 1.28 bits per heavy atom. The van der Waals surface area contributed by atoms with E-state index in [-0.39, 0.29) is 12.5 Å². The van der Waals surface area contributed by atoms with Gasteiger partial charge in [-0.1, -0.05) is 30.3 Å². The number of nitrogens with one attached hydrogen (secondary N) is 1. The van der Waals surface area contributed by atoms with Crippen molar-refractivity contribution in [1.29, 1.82) is 0 Å². The van der Waals surface area contributed by atoms with E-state index in [4.69, 9.17) is 9.47 Å². The summed E-state index contributed by atoms with van der Waals surface area (Å²) in [6, 6.07) is 7.51. The van der Waals surface area contributed by atoms with Crippen LogP contribution < -0.4 is 5.32 Å². The van der Waals surface area contributed by atoms with Crippen LogP contribution in [0, 0.1) is 5.41 Å². The number of nitrogens with zero attached hydrogens (tertiary/aromatic N) is 1. The van der Waals surface area contributed by atoms with Crippen LogP contribution >= 0.6 is 0 Å². The zero-order valence-corrected chi connectivity index (χ0v) is 18.9. The number of rotatable bonds is 9. The van der Waals surface area contributed by atoms with Crippen molar-refractivity contribution in [3.63, 3.8) is 0 Å². The molecule has 2 fully saturated rings. The molecule has 8 heteroatoms. The molecule has 1 aromatic rings. The van der Waals surface area contributed by atoms with Gasteiger partial charge in [-0.05, 0) is 51.5 Å². The van der Waals surface area contributed by atoms with Crippen LogP contribution in [0.1, 0.15) is 45.1 Å². The summed E-state index contributed by atoms with van der Waals surface area (Å²) in [7, 11) is 0. The van der Waals surface area contributed by atoms with Gasteiger partial charge in [0, 0.05) is 18.6 Å². The number of aryl methyl sites for hydroxylation is 1. The van der Waals surface area contributed by atoms with Gasteiger partial charge >= 0.3 is 11.9 Å². The van der Waals surface area contributed by atoms with E-state index in [0.717, 1.165) is 18.4 Å². The van der Waals surface area contributed by atoms with Crippen molar-refractivity contribution in [1.82, 2.24) is 10.2 Å². The van der Waals surface area contributed by atoms with Gasteiger partial charge in [-0.2, -0.15) is 0 Å². The fraction of sp³-hybridized carbons (Fsp3) is 0.625. The highest BCUT2D eigenvalue weighted by molar-refractivity contribution is 5.88. The molecule has 1 amide bonds. The van der Waals surface area contributed by atoms with Gasteiger partial charge < -0.3 is 19.5 Å². The number of carboxylic acid groups (broad SMARTS) is 1. The lowest BCUT2D eigenvalue weighted by molar-refractivity contribution is -0.156. The molecular formula is C24H34N2O6. The largest absolute Gasteiger partial charge is 0.480 e. The number of hydrogen-bond donors (Lipinski definition) is 2. The van der Waals surface area contributed by atoms with E-state index in [9.17, 15) is 19.5 Å². The summed E-state index contributed by atoms with van der Waals surface area (Å²) < 4.78 is 10.8. The normalized spacial score (nSPS) is 24.8. The van der Waals surface area contributed by atoms with E-state index in [2.05, 4.69) is 5.32 Å². The molecule has 3 rings (SSSR count). The molecule has 2 aliphatic heterocycles. The van der Waals surface area contributed by atoms with Gasteiger partial charge in [-0.25, -0.2) is 4.79 Å². The minimum atomic E-state index is -1.00. The molecule has 2 heterocycles. The van der Waals surface area contributed by atoms with Gasteiger partial charge in [0.15, 0.2) is 0 Å². The summed E-state index contributed by atoms with van der Waals surface area (Å²) in [5.41, 5.74) is 0.556. The zero-order chi connectivity index (χ0) is 23.1. The molecule has 0 aliphatic carbocycles. The highest BCUT2D eigenvalue weighted by Crippen LogP contribution is 2.43. The first-order chi connectivity index (χ1) is 15.4. The molecular weight excluding hydrogens is 412 g/mol. The van der Waals surface area contributed by atoms with Crippen molar-refractivity contribution in [2.75, 3.05) is 26.4 Å². The third kappa shape index (κ3) is 5.48. The first-order valence-corrected chi connectivity index (χ1v) is 11.5. The van der Waals surface area contributed by atoms with Crippen LogP contribution in [0.3, 0.4) is 0 Å². The zero-order valence-electron chi connectivity index (χ0n) is 18.9. The van der Waals surface area contributed by atoms with Gasteiger partial charge in [-0.3, -0.25) is 14.9 Å². The molecule has 4 atom stereocenters. The number of likely N-dealkylation sites (tertiary alicyclic amines) is 1. The highest BCUT2D eigenvalue weighted by Gasteiger charge is 2.54. The molecule has 2 aliphatic rings. The topological polar surface area (TPSA) is 105 Å². The van der Waals surface area contributed by atoms with Crippen LogP contribution in [-0.4, -0.2) is 72.3 Å². The Kier molecular flexibility index (Phi) is 8.26. The minimum Gasteiger partial charge on any atom is -0.480 e. The molecule has 0 radical (unpaired) electrons. The fourth-order valence-corrected chi connectivity index (χ4v) is 4.95. The molecule has 8 nitrogen and oxygen atoms in total. The average Bonchev–Trinajstić information content (AvgIpc) is 3.15. The molecule has 3 unspecified atom stereocenters. The average molecular weight is 447 g/mol. The summed E-state index contributed by atoms with van der Waals surface area (Å²) in [5, 5.41) is 13.0. The first kappa shape index (κ1) is 24.2. The maximum absolute atomic E-state index is 13.3. The quantitative estimate of drug-likeness (QED) is 0.559. The van der Waals surface area contributed by atoms with E-state index >= 15 is 0 Å². The Hall–Kier alpha value is -2.45. The van der Waals surface area contributed by atoms with E-state index < -0.39 is 35.5 Å². The lowest BCUT2D eigenvalue weighted by atomic mass is 9.76. The van der Waals surface area contributed by atoms with Crippen LogP contribution in [-0.2, 0) is 30.3 Å². The van der Waals surface area contributed by atoms with Crippen LogP contribution in [0.15, 0.2) is 30.3 Å². The van der Waals surface area contributed by atoms with E-state index in [0.29, 0.717) is 39.0 Å². The van der Waals surface area contributed by atoms with E-state index in [1.165, 1.54) is 4.90 Å². The van der Waals surface area contributed by atoms with Crippen LogP contribution in [0.25, 0.3) is 0 Å². The lowest BCUT2D eigenvalue weighted by Gasteiger charge is -2.38. The smallest absolute Gasteiger partial charge is 0.327 e. The molecule has 0 bridgehead atoms. The number of benzene rings is 1. The van der Waals surface area contributed by atoms with Crippen molar-refractivity contribution < 1.29 is 29.0 Å². The summed E-state index contributed by atoms with van der Waals surface area (Å²) in [5.74, 6) is -1.72. The number of carboxylic acids is 1. The van der Waals surface area contributed by atoms with Gasteiger partial charge in [0.1, 0.15) is 12.1 Å².